The molecule has 0 aliphatic rings. The van der Waals surface area contributed by atoms with Crippen molar-refractivity contribution in [3.05, 3.63) is 53.1 Å². The van der Waals surface area contributed by atoms with Gasteiger partial charge in [-0.1, -0.05) is 23.7 Å². The first-order valence-corrected chi connectivity index (χ1v) is 13.8. The Hall–Kier alpha value is -2.98. The van der Waals surface area contributed by atoms with Crippen molar-refractivity contribution in [1.29, 1.82) is 0 Å². The smallest absolute Gasteiger partial charge is 0.242 e. The first kappa shape index (κ1) is 29.3. The molecule has 0 heterocycles. The van der Waals surface area contributed by atoms with Gasteiger partial charge in [-0.2, -0.15) is 0 Å². The number of nitrogens with one attached hydrogen (secondary N) is 1. The van der Waals surface area contributed by atoms with Crippen molar-refractivity contribution < 1.29 is 27.5 Å². The number of nitrogens with zero attached hydrogens (tertiary/aromatic N) is 2. The number of ether oxygens (including phenoxy) is 2. The molecule has 9 nitrogen and oxygen atoms in total. The number of carbonyl (C=O) groups excluding carboxylic acids is 2. The lowest BCUT2D eigenvalue weighted by Gasteiger charge is -2.29. The van der Waals surface area contributed by atoms with E-state index in [4.69, 9.17) is 21.1 Å². The molecule has 0 bridgehead atoms. The summed E-state index contributed by atoms with van der Waals surface area (Å²) in [5.41, 5.74) is 1.18. The minimum atomic E-state index is -3.63. The monoisotopic (exact) mass is 539 g/mol. The Morgan fingerprint density at radius 2 is 1.83 bits per heavy atom. The Morgan fingerprint density at radius 1 is 1.11 bits per heavy atom. The number of anilines is 1. The maximum Gasteiger partial charge on any atom is 0.242 e. The number of methoxy groups -OCH3 is 2. The highest BCUT2D eigenvalue weighted by molar-refractivity contribution is 7.92. The SMILES string of the molecule is CCNC(=O)C(C)N(Cc1cccc(OC)c1)C(=O)CCCN(c1ccc(OC)c(Cl)c1)S(C)(=O)=O. The van der Waals surface area contributed by atoms with Gasteiger partial charge in [0.25, 0.3) is 0 Å². The largest absolute Gasteiger partial charge is 0.497 e. The van der Waals surface area contributed by atoms with Gasteiger partial charge in [-0.3, -0.25) is 13.9 Å². The van der Waals surface area contributed by atoms with Gasteiger partial charge in [-0.25, -0.2) is 8.42 Å². The molecule has 2 amide bonds. The van der Waals surface area contributed by atoms with Gasteiger partial charge >= 0.3 is 0 Å². The van der Waals surface area contributed by atoms with E-state index in [1.165, 1.54) is 22.4 Å². The van der Waals surface area contributed by atoms with Crippen LogP contribution in [0.1, 0.15) is 32.3 Å². The van der Waals surface area contributed by atoms with Crippen LogP contribution in [0.2, 0.25) is 5.02 Å². The van der Waals surface area contributed by atoms with Gasteiger partial charge in [0.15, 0.2) is 0 Å². The normalized spacial score (nSPS) is 11.9. The summed E-state index contributed by atoms with van der Waals surface area (Å²) in [5.74, 6) is 0.543. The Kier molecular flexibility index (Phi) is 10.9. The molecule has 0 aliphatic heterocycles. The molecule has 36 heavy (non-hydrogen) atoms. The summed E-state index contributed by atoms with van der Waals surface area (Å²) in [6.45, 7) is 4.20. The number of likely N-dealkylation sites (N-methyl/N-ethyl adjacent to an activating group) is 1. The van der Waals surface area contributed by atoms with E-state index in [1.54, 1.807) is 32.2 Å². The average Bonchev–Trinajstić information content (AvgIpc) is 2.84. The third-order valence-electron chi connectivity index (χ3n) is 5.58. The van der Waals surface area contributed by atoms with Crippen LogP contribution in [0.15, 0.2) is 42.5 Å². The van der Waals surface area contributed by atoms with E-state index in [-0.39, 0.29) is 42.8 Å². The van der Waals surface area contributed by atoms with E-state index in [0.29, 0.717) is 23.7 Å². The van der Waals surface area contributed by atoms with Crippen LogP contribution in [0.5, 0.6) is 11.5 Å². The van der Waals surface area contributed by atoms with Crippen LogP contribution in [0.3, 0.4) is 0 Å². The molecule has 0 saturated carbocycles. The van der Waals surface area contributed by atoms with Crippen molar-refractivity contribution in [2.45, 2.75) is 39.3 Å². The predicted octanol–water partition coefficient (Wildman–Crippen LogP) is 3.46. The van der Waals surface area contributed by atoms with E-state index < -0.39 is 16.1 Å². The third kappa shape index (κ3) is 8.03. The zero-order valence-corrected chi connectivity index (χ0v) is 22.9. The second-order valence-corrected chi connectivity index (χ2v) is 10.5. The van der Waals surface area contributed by atoms with Crippen LogP contribution in [0.4, 0.5) is 5.69 Å². The van der Waals surface area contributed by atoms with Crippen LogP contribution in [0, 0.1) is 0 Å². The van der Waals surface area contributed by atoms with E-state index in [2.05, 4.69) is 5.32 Å². The standard InChI is InChI=1S/C25H34ClN3O6S/c1-6-27-25(31)18(2)28(17-19-9-7-10-21(15-19)34-3)24(30)11-8-14-29(36(5,32)33)20-12-13-23(35-4)22(26)16-20/h7,9-10,12-13,15-16,18H,6,8,11,14,17H2,1-5H3,(H,27,31). The molecular weight excluding hydrogens is 506 g/mol. The minimum absolute atomic E-state index is 0.0453. The zero-order chi connectivity index (χ0) is 26.9. The van der Waals surface area contributed by atoms with Crippen molar-refractivity contribution >= 4 is 39.1 Å². The maximum absolute atomic E-state index is 13.3. The fourth-order valence-electron chi connectivity index (χ4n) is 3.69. The van der Waals surface area contributed by atoms with Gasteiger partial charge in [0.05, 0.1) is 31.2 Å². The number of benzene rings is 2. The van der Waals surface area contributed by atoms with Gasteiger partial charge < -0.3 is 19.7 Å². The van der Waals surface area contributed by atoms with Crippen molar-refractivity contribution in [1.82, 2.24) is 10.2 Å². The molecule has 198 valence electrons. The van der Waals surface area contributed by atoms with Gasteiger partial charge in [-0.05, 0) is 56.2 Å². The van der Waals surface area contributed by atoms with E-state index >= 15 is 0 Å². The molecule has 0 aliphatic carbocycles. The molecule has 2 aromatic rings. The number of carbonyl (C=O) groups is 2. The van der Waals surface area contributed by atoms with Crippen LogP contribution in [-0.4, -0.2) is 64.7 Å². The zero-order valence-electron chi connectivity index (χ0n) is 21.3. The number of hydrogen-bond acceptors (Lipinski definition) is 6. The topological polar surface area (TPSA) is 105 Å². The first-order chi connectivity index (χ1) is 17.0. The van der Waals surface area contributed by atoms with E-state index in [0.717, 1.165) is 11.8 Å². The molecular formula is C25H34ClN3O6S. The second kappa shape index (κ2) is 13.4. The summed E-state index contributed by atoms with van der Waals surface area (Å²) in [7, 11) is -0.604. The van der Waals surface area contributed by atoms with Crippen molar-refractivity contribution in [3.63, 3.8) is 0 Å². The Labute approximate surface area is 218 Å². The number of halogens is 1. The fourth-order valence-corrected chi connectivity index (χ4v) is 4.90. The lowest BCUT2D eigenvalue weighted by molar-refractivity contribution is -0.140. The number of rotatable bonds is 13. The highest BCUT2D eigenvalue weighted by Gasteiger charge is 2.26. The lowest BCUT2D eigenvalue weighted by atomic mass is 10.1. The second-order valence-electron chi connectivity index (χ2n) is 8.20. The lowest BCUT2D eigenvalue weighted by Crippen LogP contribution is -2.47. The van der Waals surface area contributed by atoms with Crippen LogP contribution in [-0.2, 0) is 26.2 Å². The molecule has 0 radical (unpaired) electrons. The van der Waals surface area contributed by atoms with Crippen molar-refractivity contribution in [3.8, 4) is 11.5 Å². The summed E-state index contributed by atoms with van der Waals surface area (Å²) in [6.07, 6.45) is 1.38. The molecule has 11 heteroatoms. The van der Waals surface area contributed by atoms with E-state index in [1.807, 2.05) is 25.1 Å². The molecule has 0 aromatic heterocycles. The summed E-state index contributed by atoms with van der Waals surface area (Å²) < 4.78 is 36.5. The molecule has 2 aromatic carbocycles. The van der Waals surface area contributed by atoms with Gasteiger partial charge in [0.1, 0.15) is 17.5 Å². The fraction of sp³-hybridized carbons (Fsp3) is 0.440. The average molecular weight is 540 g/mol. The third-order valence-corrected chi connectivity index (χ3v) is 7.07. The van der Waals surface area contributed by atoms with E-state index in [9.17, 15) is 18.0 Å². The highest BCUT2D eigenvalue weighted by atomic mass is 35.5. The summed E-state index contributed by atoms with van der Waals surface area (Å²) in [6, 6.07) is 11.3. The predicted molar refractivity (Wildman–Crippen MR) is 141 cm³/mol. The van der Waals surface area contributed by atoms with Crippen LogP contribution in [0.25, 0.3) is 0 Å². The number of hydrogen-bond donors (Lipinski definition) is 1. The molecule has 1 atom stereocenters. The number of amides is 2. The van der Waals surface area contributed by atoms with Gasteiger partial charge in [0.2, 0.25) is 21.8 Å². The quantitative estimate of drug-likeness (QED) is 0.418. The minimum Gasteiger partial charge on any atom is -0.497 e. The summed E-state index contributed by atoms with van der Waals surface area (Å²) >= 11 is 6.18. The maximum atomic E-state index is 13.3. The van der Waals surface area contributed by atoms with Crippen molar-refractivity contribution in [2.24, 2.45) is 0 Å². The van der Waals surface area contributed by atoms with Crippen molar-refractivity contribution in [2.75, 3.05) is 37.9 Å². The summed E-state index contributed by atoms with van der Waals surface area (Å²) in [5, 5.41) is 3.03. The molecule has 1 unspecified atom stereocenters. The molecule has 0 fully saturated rings. The Morgan fingerprint density at radius 3 is 2.42 bits per heavy atom. The molecule has 0 spiro atoms. The molecule has 1 N–H and O–H groups in total. The van der Waals surface area contributed by atoms with Crippen LogP contribution >= 0.6 is 11.6 Å². The van der Waals surface area contributed by atoms with Gasteiger partial charge in [-0.15, -0.1) is 0 Å². The first-order valence-electron chi connectivity index (χ1n) is 11.5. The Balaban J connectivity index is 2.19. The summed E-state index contributed by atoms with van der Waals surface area (Å²) in [4.78, 5) is 27.3. The van der Waals surface area contributed by atoms with Crippen LogP contribution < -0.4 is 19.1 Å². The molecule has 0 saturated heterocycles. The highest BCUT2D eigenvalue weighted by Crippen LogP contribution is 2.30. The van der Waals surface area contributed by atoms with Gasteiger partial charge in [0, 0.05) is 26.1 Å². The molecule has 2 rings (SSSR count). The number of sulfonamides is 1. The Bertz CT molecular complexity index is 1160.